The van der Waals surface area contributed by atoms with Gasteiger partial charge in [-0.05, 0) is 24.6 Å². The third kappa shape index (κ3) is 4.23. The predicted octanol–water partition coefficient (Wildman–Crippen LogP) is 1.89. The zero-order valence-electron chi connectivity index (χ0n) is 18.9. The van der Waals surface area contributed by atoms with E-state index in [9.17, 15) is 29.6 Å². The molecule has 3 aliphatic heterocycles. The number of thioether (sulfide) groups is 1. The normalized spacial score (nSPS) is 27.2. The van der Waals surface area contributed by atoms with E-state index in [1.54, 1.807) is 14.0 Å². The highest BCUT2D eigenvalue weighted by atomic mass is 32.2. The predicted molar refractivity (Wildman–Crippen MR) is 120 cm³/mol. The van der Waals surface area contributed by atoms with Crippen LogP contribution >= 0.6 is 11.8 Å². The number of aliphatic hydroxyl groups excluding tert-OH is 1. The molecular weight excluding hydrogens is 466 g/mol. The first kappa shape index (κ1) is 24.0. The highest BCUT2D eigenvalue weighted by molar-refractivity contribution is 8.03. The Morgan fingerprint density at radius 1 is 1.35 bits per heavy atom. The number of non-ortho nitro benzene ring substituents is 1. The average molecular weight is 492 g/mol. The number of fused-ring (bicyclic) bond motifs is 1. The maximum Gasteiger partial charge on any atom is 0.409 e. The lowest BCUT2D eigenvalue weighted by atomic mass is 9.79. The second-order valence-corrected chi connectivity index (χ2v) is 10.0. The SMILES string of the molecule is C[C@@H](O)[C@H]1C(=O)N2C(C(=O)OCc3ccc([N+](=O)[O-])cc3)=C(SC3COC(=O)N(C)C3)[C@H](C)[C@H]12. The van der Waals surface area contributed by atoms with Crippen LogP contribution in [0.4, 0.5) is 10.5 Å². The van der Waals surface area contributed by atoms with Crippen LogP contribution in [0.1, 0.15) is 19.4 Å². The van der Waals surface area contributed by atoms with E-state index in [0.717, 1.165) is 0 Å². The lowest BCUT2D eigenvalue weighted by molar-refractivity contribution is -0.384. The van der Waals surface area contributed by atoms with Crippen molar-refractivity contribution in [2.45, 2.75) is 37.9 Å². The molecule has 5 atom stereocenters. The second-order valence-electron chi connectivity index (χ2n) is 8.66. The molecule has 34 heavy (non-hydrogen) atoms. The fourth-order valence-electron chi connectivity index (χ4n) is 4.56. The summed E-state index contributed by atoms with van der Waals surface area (Å²) in [7, 11) is 1.63. The third-order valence-electron chi connectivity index (χ3n) is 6.29. The number of nitro benzene ring substituents is 1. The summed E-state index contributed by atoms with van der Waals surface area (Å²) in [5.41, 5.74) is 0.636. The summed E-state index contributed by atoms with van der Waals surface area (Å²) in [6.07, 6.45) is -1.28. The number of esters is 1. The van der Waals surface area contributed by atoms with Crippen molar-refractivity contribution in [3.05, 3.63) is 50.5 Å². The van der Waals surface area contributed by atoms with Crippen LogP contribution in [0.25, 0.3) is 0 Å². The van der Waals surface area contributed by atoms with Crippen molar-refractivity contribution < 1.29 is 33.9 Å². The van der Waals surface area contributed by atoms with Gasteiger partial charge in [-0.15, -0.1) is 11.8 Å². The molecule has 2 fully saturated rings. The molecule has 3 aliphatic rings. The fraction of sp³-hybridized carbons (Fsp3) is 0.500. The molecule has 0 spiro atoms. The smallest absolute Gasteiger partial charge is 0.409 e. The van der Waals surface area contributed by atoms with Crippen LogP contribution in [0.5, 0.6) is 0 Å². The Balaban J connectivity index is 1.55. The number of β-lactam (4-membered cyclic amide) rings is 1. The Labute approximate surface area is 199 Å². The van der Waals surface area contributed by atoms with Gasteiger partial charge in [-0.2, -0.15) is 0 Å². The van der Waals surface area contributed by atoms with Gasteiger partial charge in [0, 0.05) is 36.5 Å². The molecule has 1 N–H and O–H groups in total. The fourth-order valence-corrected chi connectivity index (χ4v) is 6.00. The van der Waals surface area contributed by atoms with Gasteiger partial charge in [-0.3, -0.25) is 14.9 Å². The molecule has 1 aromatic rings. The van der Waals surface area contributed by atoms with Crippen molar-refractivity contribution in [2.75, 3.05) is 20.2 Å². The molecule has 12 heteroatoms. The Hall–Kier alpha value is -3.12. The van der Waals surface area contributed by atoms with Gasteiger partial charge in [0.25, 0.3) is 5.69 Å². The zero-order chi connectivity index (χ0) is 24.7. The maximum absolute atomic E-state index is 13.2. The molecular formula is C22H25N3O8S. The van der Waals surface area contributed by atoms with Crippen LogP contribution in [0, 0.1) is 22.0 Å². The summed E-state index contributed by atoms with van der Waals surface area (Å²) >= 11 is 1.38. The van der Waals surface area contributed by atoms with E-state index in [1.165, 1.54) is 45.8 Å². The zero-order valence-corrected chi connectivity index (χ0v) is 19.7. The number of cyclic esters (lactones) is 1. The lowest BCUT2D eigenvalue weighted by Crippen LogP contribution is -2.63. The van der Waals surface area contributed by atoms with Crippen molar-refractivity contribution in [1.82, 2.24) is 9.80 Å². The number of benzene rings is 1. The first-order chi connectivity index (χ1) is 16.1. The Morgan fingerprint density at radius 2 is 2.03 bits per heavy atom. The van der Waals surface area contributed by atoms with Crippen LogP contribution < -0.4 is 0 Å². The van der Waals surface area contributed by atoms with Gasteiger partial charge >= 0.3 is 12.1 Å². The average Bonchev–Trinajstić information content (AvgIpc) is 3.02. The van der Waals surface area contributed by atoms with Crippen molar-refractivity contribution >= 4 is 35.4 Å². The van der Waals surface area contributed by atoms with Crippen LogP contribution in [0.2, 0.25) is 0 Å². The molecule has 0 bridgehead atoms. The van der Waals surface area contributed by atoms with Crippen LogP contribution in [-0.2, 0) is 25.7 Å². The maximum atomic E-state index is 13.2. The number of carbonyl (C=O) groups excluding carboxylic acids is 3. The summed E-state index contributed by atoms with van der Waals surface area (Å²) in [6, 6.07) is 5.29. The second kappa shape index (κ2) is 9.26. The molecule has 1 unspecified atom stereocenters. The van der Waals surface area contributed by atoms with E-state index in [4.69, 9.17) is 9.47 Å². The largest absolute Gasteiger partial charge is 0.456 e. The van der Waals surface area contributed by atoms with Gasteiger partial charge in [-0.25, -0.2) is 9.59 Å². The van der Waals surface area contributed by atoms with E-state index in [0.29, 0.717) is 17.0 Å². The molecule has 11 nitrogen and oxygen atoms in total. The molecule has 2 saturated heterocycles. The summed E-state index contributed by atoms with van der Waals surface area (Å²) in [6.45, 7) is 3.93. The summed E-state index contributed by atoms with van der Waals surface area (Å²) in [4.78, 5) is 51.5. The summed E-state index contributed by atoms with van der Waals surface area (Å²) < 4.78 is 10.7. The van der Waals surface area contributed by atoms with Gasteiger partial charge in [0.1, 0.15) is 18.9 Å². The minimum Gasteiger partial charge on any atom is -0.456 e. The van der Waals surface area contributed by atoms with Crippen molar-refractivity contribution in [3.63, 3.8) is 0 Å². The summed E-state index contributed by atoms with van der Waals surface area (Å²) in [5, 5.41) is 20.8. The van der Waals surface area contributed by atoms with Crippen molar-refractivity contribution in [3.8, 4) is 0 Å². The molecule has 0 aromatic heterocycles. The van der Waals surface area contributed by atoms with Crippen molar-refractivity contribution in [1.29, 1.82) is 0 Å². The molecule has 0 radical (unpaired) electrons. The van der Waals surface area contributed by atoms with E-state index in [1.807, 2.05) is 6.92 Å². The minimum absolute atomic E-state index is 0.0718. The Bertz CT molecular complexity index is 1060. The standard InChI is InChI=1S/C22H25N3O8S/c1-11-17-16(12(2)26)20(27)24(17)18(19(11)34-15-8-23(3)22(29)33-10-15)21(28)32-9-13-4-6-14(7-5-13)25(30)31/h4-7,11-12,15-17,26H,8-10H2,1-3H3/t11-,12-,15?,16-,17-/m1/s1. The number of hydrogen-bond donors (Lipinski definition) is 1. The van der Waals surface area contributed by atoms with Gasteiger partial charge < -0.3 is 24.4 Å². The highest BCUT2D eigenvalue weighted by Crippen LogP contribution is 2.51. The van der Waals surface area contributed by atoms with Gasteiger partial charge in [-0.1, -0.05) is 6.92 Å². The van der Waals surface area contributed by atoms with E-state index in [-0.39, 0.29) is 47.7 Å². The van der Waals surface area contributed by atoms with Crippen LogP contribution in [-0.4, -0.2) is 75.4 Å². The monoisotopic (exact) mass is 491 g/mol. The topological polar surface area (TPSA) is 140 Å². The summed E-state index contributed by atoms with van der Waals surface area (Å²) in [5.74, 6) is -1.85. The number of aliphatic hydroxyl groups is 1. The van der Waals surface area contributed by atoms with Crippen molar-refractivity contribution in [2.24, 2.45) is 11.8 Å². The Kier molecular flexibility index (Phi) is 6.54. The molecule has 1 aromatic carbocycles. The first-order valence-corrected chi connectivity index (χ1v) is 11.7. The Morgan fingerprint density at radius 3 is 2.62 bits per heavy atom. The number of nitrogens with zero attached hydrogens (tertiary/aromatic N) is 3. The molecule has 182 valence electrons. The number of nitro groups is 1. The van der Waals surface area contributed by atoms with E-state index >= 15 is 0 Å². The molecule has 3 heterocycles. The van der Waals surface area contributed by atoms with Gasteiger partial charge in [0.05, 0.1) is 28.2 Å². The quantitative estimate of drug-likeness (QED) is 0.262. The lowest BCUT2D eigenvalue weighted by Gasteiger charge is -2.46. The number of rotatable bonds is 7. The van der Waals surface area contributed by atoms with Crippen LogP contribution in [0.3, 0.4) is 0 Å². The first-order valence-electron chi connectivity index (χ1n) is 10.8. The number of carbonyl (C=O) groups is 3. The number of hydrogen-bond acceptors (Lipinski definition) is 9. The van der Waals surface area contributed by atoms with Gasteiger partial charge in [0.15, 0.2) is 0 Å². The third-order valence-corrected chi connectivity index (χ3v) is 7.73. The van der Waals surface area contributed by atoms with Crippen LogP contribution in [0.15, 0.2) is 34.9 Å². The van der Waals surface area contributed by atoms with Gasteiger partial charge in [0.2, 0.25) is 5.91 Å². The highest BCUT2D eigenvalue weighted by Gasteiger charge is 2.60. The molecule has 2 amide bonds. The van der Waals surface area contributed by atoms with E-state index < -0.39 is 29.0 Å². The number of amides is 2. The van der Waals surface area contributed by atoms with E-state index in [2.05, 4.69) is 0 Å². The molecule has 0 aliphatic carbocycles. The minimum atomic E-state index is -0.861. The molecule has 4 rings (SSSR count). The molecule has 0 saturated carbocycles. The number of ether oxygens (including phenoxy) is 2.